The molecule has 0 saturated carbocycles. The van der Waals surface area contributed by atoms with Gasteiger partial charge in [-0.25, -0.2) is 8.42 Å². The molecule has 2 aromatic carbocycles. The molecule has 0 unspecified atom stereocenters. The summed E-state index contributed by atoms with van der Waals surface area (Å²) in [5, 5.41) is 0.507. The molecule has 2 rings (SSSR count). The monoisotopic (exact) mass is 353 g/mol. The SMILES string of the molecule is COc1ccc(C(C)C)cc1S(=O)(=O)Nc1ccc(C)c(Cl)c1. The van der Waals surface area contributed by atoms with E-state index >= 15 is 0 Å². The number of hydrogen-bond donors (Lipinski definition) is 1. The summed E-state index contributed by atoms with van der Waals surface area (Å²) >= 11 is 6.05. The highest BCUT2D eigenvalue weighted by atomic mass is 35.5. The fourth-order valence-corrected chi connectivity index (χ4v) is 3.56. The van der Waals surface area contributed by atoms with Crippen molar-refractivity contribution in [3.8, 4) is 5.75 Å². The van der Waals surface area contributed by atoms with Gasteiger partial charge in [-0.2, -0.15) is 0 Å². The second-order valence-corrected chi connectivity index (χ2v) is 7.69. The van der Waals surface area contributed by atoms with Gasteiger partial charge in [-0.15, -0.1) is 0 Å². The van der Waals surface area contributed by atoms with Crippen LogP contribution in [0.4, 0.5) is 5.69 Å². The average molecular weight is 354 g/mol. The van der Waals surface area contributed by atoms with E-state index in [1.807, 2.05) is 26.8 Å². The molecule has 2 aromatic rings. The zero-order valence-electron chi connectivity index (χ0n) is 13.6. The maximum absolute atomic E-state index is 12.7. The van der Waals surface area contributed by atoms with Crippen LogP contribution in [0.5, 0.6) is 5.75 Å². The Kier molecular flexibility index (Phi) is 5.22. The number of rotatable bonds is 5. The Morgan fingerprint density at radius 1 is 1.13 bits per heavy atom. The van der Waals surface area contributed by atoms with Crippen molar-refractivity contribution in [3.05, 3.63) is 52.5 Å². The summed E-state index contributed by atoms with van der Waals surface area (Å²) in [7, 11) is -2.32. The summed E-state index contributed by atoms with van der Waals surface area (Å²) in [6.07, 6.45) is 0. The minimum atomic E-state index is -3.78. The van der Waals surface area contributed by atoms with Crippen molar-refractivity contribution in [2.24, 2.45) is 0 Å². The standard InChI is InChI=1S/C17H20ClNO3S/c1-11(2)13-6-8-16(22-4)17(9-13)23(20,21)19-14-7-5-12(3)15(18)10-14/h5-11,19H,1-4H3. The first-order valence-corrected chi connectivity index (χ1v) is 9.07. The first kappa shape index (κ1) is 17.6. The van der Waals surface area contributed by atoms with Crippen LogP contribution in [0, 0.1) is 6.92 Å². The zero-order valence-corrected chi connectivity index (χ0v) is 15.1. The molecule has 0 radical (unpaired) electrons. The highest BCUT2D eigenvalue weighted by molar-refractivity contribution is 7.92. The number of halogens is 1. The number of nitrogens with one attached hydrogen (secondary N) is 1. The van der Waals surface area contributed by atoms with E-state index in [2.05, 4.69) is 4.72 Å². The first-order chi connectivity index (χ1) is 10.7. The molecule has 0 saturated heterocycles. The number of aryl methyl sites for hydroxylation is 1. The lowest BCUT2D eigenvalue weighted by Crippen LogP contribution is -2.14. The summed E-state index contributed by atoms with van der Waals surface area (Å²) in [4.78, 5) is 0.114. The van der Waals surface area contributed by atoms with E-state index in [1.165, 1.54) is 7.11 Å². The molecule has 23 heavy (non-hydrogen) atoms. The summed E-state index contributed by atoms with van der Waals surface area (Å²) in [5.41, 5.74) is 2.22. The fourth-order valence-electron chi connectivity index (χ4n) is 2.13. The molecular formula is C17H20ClNO3S. The molecule has 0 aliphatic rings. The van der Waals surface area contributed by atoms with Gasteiger partial charge >= 0.3 is 0 Å². The van der Waals surface area contributed by atoms with Crippen molar-refractivity contribution in [1.29, 1.82) is 0 Å². The maximum Gasteiger partial charge on any atom is 0.265 e. The molecule has 4 nitrogen and oxygen atoms in total. The average Bonchev–Trinajstić information content (AvgIpc) is 2.50. The molecule has 0 fully saturated rings. The van der Waals surface area contributed by atoms with Gasteiger partial charge in [0.2, 0.25) is 0 Å². The number of ether oxygens (including phenoxy) is 1. The Hall–Kier alpha value is -1.72. The highest BCUT2D eigenvalue weighted by Crippen LogP contribution is 2.30. The Morgan fingerprint density at radius 3 is 2.39 bits per heavy atom. The number of methoxy groups -OCH3 is 1. The first-order valence-electron chi connectivity index (χ1n) is 7.21. The second-order valence-electron chi connectivity index (χ2n) is 5.63. The van der Waals surface area contributed by atoms with Crippen molar-refractivity contribution >= 4 is 27.3 Å². The van der Waals surface area contributed by atoms with Crippen LogP contribution >= 0.6 is 11.6 Å². The Bertz CT molecular complexity index is 817. The summed E-state index contributed by atoms with van der Waals surface area (Å²) < 4.78 is 33.2. The van der Waals surface area contributed by atoms with Crippen LogP contribution in [-0.2, 0) is 10.0 Å². The molecule has 0 aliphatic heterocycles. The van der Waals surface area contributed by atoms with E-state index in [0.29, 0.717) is 16.5 Å². The summed E-state index contributed by atoms with van der Waals surface area (Å²) in [6, 6.07) is 10.2. The molecule has 0 bridgehead atoms. The van der Waals surface area contributed by atoms with E-state index in [9.17, 15) is 8.42 Å². The van der Waals surface area contributed by atoms with Gasteiger partial charge in [0.15, 0.2) is 0 Å². The van der Waals surface area contributed by atoms with Crippen LogP contribution in [0.1, 0.15) is 30.9 Å². The van der Waals surface area contributed by atoms with Crippen LogP contribution in [0.25, 0.3) is 0 Å². The topological polar surface area (TPSA) is 55.4 Å². The Balaban J connectivity index is 2.45. The largest absolute Gasteiger partial charge is 0.495 e. The highest BCUT2D eigenvalue weighted by Gasteiger charge is 2.21. The van der Waals surface area contributed by atoms with Crippen LogP contribution in [0.2, 0.25) is 5.02 Å². The molecule has 0 amide bonds. The van der Waals surface area contributed by atoms with Gasteiger partial charge in [-0.3, -0.25) is 4.72 Å². The number of sulfonamides is 1. The lowest BCUT2D eigenvalue weighted by atomic mass is 10.0. The molecule has 0 aliphatic carbocycles. The molecule has 0 spiro atoms. The Morgan fingerprint density at radius 2 is 1.83 bits per heavy atom. The molecular weight excluding hydrogens is 334 g/mol. The van der Waals surface area contributed by atoms with Gasteiger partial charge in [-0.1, -0.05) is 37.6 Å². The number of hydrogen-bond acceptors (Lipinski definition) is 3. The normalized spacial score (nSPS) is 11.6. The second kappa shape index (κ2) is 6.81. The predicted octanol–water partition coefficient (Wildman–Crippen LogP) is 4.58. The lowest BCUT2D eigenvalue weighted by Gasteiger charge is -2.15. The van der Waals surface area contributed by atoms with Gasteiger partial charge in [0.05, 0.1) is 12.8 Å². The van der Waals surface area contributed by atoms with Crippen molar-refractivity contribution in [1.82, 2.24) is 0 Å². The summed E-state index contributed by atoms with van der Waals surface area (Å²) in [6.45, 7) is 5.87. The maximum atomic E-state index is 12.7. The van der Waals surface area contributed by atoms with E-state index in [1.54, 1.807) is 30.3 Å². The van der Waals surface area contributed by atoms with Crippen molar-refractivity contribution < 1.29 is 13.2 Å². The van der Waals surface area contributed by atoms with Crippen molar-refractivity contribution in [3.63, 3.8) is 0 Å². The molecule has 0 heterocycles. The van der Waals surface area contributed by atoms with Gasteiger partial charge in [0.1, 0.15) is 10.6 Å². The van der Waals surface area contributed by atoms with Crippen LogP contribution in [0.15, 0.2) is 41.3 Å². The van der Waals surface area contributed by atoms with Gasteiger partial charge in [0, 0.05) is 5.02 Å². The third kappa shape index (κ3) is 3.98. The van der Waals surface area contributed by atoms with E-state index in [0.717, 1.165) is 11.1 Å². The minimum absolute atomic E-state index is 0.114. The molecule has 1 N–H and O–H groups in total. The van der Waals surface area contributed by atoms with Crippen LogP contribution in [-0.4, -0.2) is 15.5 Å². The molecule has 0 atom stereocenters. The Labute approximate surface area is 142 Å². The van der Waals surface area contributed by atoms with Crippen LogP contribution in [0.3, 0.4) is 0 Å². The fraction of sp³-hybridized carbons (Fsp3) is 0.294. The third-order valence-electron chi connectivity index (χ3n) is 3.57. The smallest absolute Gasteiger partial charge is 0.265 e. The van der Waals surface area contributed by atoms with Gasteiger partial charge in [-0.05, 0) is 48.2 Å². The predicted molar refractivity (Wildman–Crippen MR) is 94.1 cm³/mol. The van der Waals surface area contributed by atoms with Crippen molar-refractivity contribution in [2.45, 2.75) is 31.6 Å². The quantitative estimate of drug-likeness (QED) is 0.855. The van der Waals surface area contributed by atoms with Gasteiger partial charge in [0.25, 0.3) is 10.0 Å². The van der Waals surface area contributed by atoms with Crippen molar-refractivity contribution in [2.75, 3.05) is 11.8 Å². The molecule has 6 heteroatoms. The number of benzene rings is 2. The lowest BCUT2D eigenvalue weighted by molar-refractivity contribution is 0.402. The van der Waals surface area contributed by atoms with E-state index in [4.69, 9.17) is 16.3 Å². The number of anilines is 1. The van der Waals surface area contributed by atoms with E-state index in [-0.39, 0.29) is 10.8 Å². The van der Waals surface area contributed by atoms with Gasteiger partial charge < -0.3 is 4.74 Å². The molecule has 124 valence electrons. The summed E-state index contributed by atoms with van der Waals surface area (Å²) in [5.74, 6) is 0.517. The van der Waals surface area contributed by atoms with Crippen LogP contribution < -0.4 is 9.46 Å². The third-order valence-corrected chi connectivity index (χ3v) is 5.38. The van der Waals surface area contributed by atoms with E-state index < -0.39 is 10.0 Å². The molecule has 0 aromatic heterocycles. The minimum Gasteiger partial charge on any atom is -0.495 e. The zero-order chi connectivity index (χ0) is 17.2.